The van der Waals surface area contributed by atoms with Gasteiger partial charge in [0.1, 0.15) is 0 Å². The predicted molar refractivity (Wildman–Crippen MR) is 87.6 cm³/mol. The lowest BCUT2D eigenvalue weighted by Crippen LogP contribution is -2.50. The van der Waals surface area contributed by atoms with Crippen LogP contribution in [0.2, 0.25) is 0 Å². The minimum Gasteiger partial charge on any atom is -0.341 e. The van der Waals surface area contributed by atoms with Gasteiger partial charge in [-0.15, -0.1) is 0 Å². The van der Waals surface area contributed by atoms with Crippen molar-refractivity contribution in [2.24, 2.45) is 5.92 Å². The number of nitrogens with zero attached hydrogens (tertiary/aromatic N) is 2. The second kappa shape index (κ2) is 8.39. The van der Waals surface area contributed by atoms with E-state index in [4.69, 9.17) is 0 Å². The molecule has 3 amide bonds. The van der Waals surface area contributed by atoms with Gasteiger partial charge in [-0.1, -0.05) is 33.1 Å². The van der Waals surface area contributed by atoms with E-state index in [2.05, 4.69) is 19.2 Å². The molecule has 2 heterocycles. The fourth-order valence-corrected chi connectivity index (χ4v) is 3.59. The van der Waals surface area contributed by atoms with Crippen molar-refractivity contribution in [2.75, 3.05) is 26.2 Å². The minimum absolute atomic E-state index is 0.0358. The number of urea groups is 1. The molecule has 0 aromatic carbocycles. The minimum atomic E-state index is 0.0358. The van der Waals surface area contributed by atoms with E-state index in [1.165, 1.54) is 12.8 Å². The van der Waals surface area contributed by atoms with Gasteiger partial charge in [0.2, 0.25) is 5.91 Å². The first-order chi connectivity index (χ1) is 10.7. The van der Waals surface area contributed by atoms with Crippen molar-refractivity contribution in [3.63, 3.8) is 0 Å². The quantitative estimate of drug-likeness (QED) is 0.786. The van der Waals surface area contributed by atoms with Crippen LogP contribution >= 0.6 is 0 Å². The van der Waals surface area contributed by atoms with E-state index >= 15 is 0 Å². The van der Waals surface area contributed by atoms with Crippen LogP contribution in [0.1, 0.15) is 58.8 Å². The van der Waals surface area contributed by atoms with Gasteiger partial charge in [0, 0.05) is 32.6 Å². The monoisotopic (exact) mass is 309 g/mol. The summed E-state index contributed by atoms with van der Waals surface area (Å²) in [4.78, 5) is 28.3. The Morgan fingerprint density at radius 2 is 2.18 bits per heavy atom. The van der Waals surface area contributed by atoms with Crippen LogP contribution in [0.5, 0.6) is 0 Å². The molecule has 1 N–H and O–H groups in total. The summed E-state index contributed by atoms with van der Waals surface area (Å²) < 4.78 is 0. The SMILES string of the molecule is CCCC[C@@H](CC)CC(=O)N1CCC[C@H](N2CCNC2=O)C1. The molecule has 0 bridgehead atoms. The van der Waals surface area contributed by atoms with Crippen LogP contribution in [0.15, 0.2) is 0 Å². The number of amides is 3. The van der Waals surface area contributed by atoms with Crippen LogP contribution in [-0.2, 0) is 4.79 Å². The second-order valence-electron chi connectivity index (χ2n) is 6.68. The maximum Gasteiger partial charge on any atom is 0.317 e. The number of piperidine rings is 1. The molecule has 0 radical (unpaired) electrons. The third-order valence-electron chi connectivity index (χ3n) is 5.09. The Labute approximate surface area is 134 Å². The number of hydrogen-bond acceptors (Lipinski definition) is 2. The summed E-state index contributed by atoms with van der Waals surface area (Å²) in [7, 11) is 0. The van der Waals surface area contributed by atoms with Gasteiger partial charge in [-0.3, -0.25) is 4.79 Å². The van der Waals surface area contributed by atoms with Crippen molar-refractivity contribution in [3.05, 3.63) is 0 Å². The van der Waals surface area contributed by atoms with E-state index in [1.54, 1.807) is 0 Å². The number of carbonyl (C=O) groups excluding carboxylic acids is 2. The Bertz CT molecular complexity index is 386. The van der Waals surface area contributed by atoms with Gasteiger partial charge in [0.25, 0.3) is 0 Å². The van der Waals surface area contributed by atoms with Crippen LogP contribution in [0.3, 0.4) is 0 Å². The predicted octanol–water partition coefficient (Wildman–Crippen LogP) is 2.61. The Morgan fingerprint density at radius 3 is 2.82 bits per heavy atom. The van der Waals surface area contributed by atoms with Gasteiger partial charge in [0.15, 0.2) is 0 Å². The van der Waals surface area contributed by atoms with Gasteiger partial charge in [-0.25, -0.2) is 4.79 Å². The summed E-state index contributed by atoms with van der Waals surface area (Å²) in [6.07, 6.45) is 7.34. The van der Waals surface area contributed by atoms with Crippen LogP contribution in [0, 0.1) is 5.92 Å². The fourth-order valence-electron chi connectivity index (χ4n) is 3.59. The standard InChI is InChI=1S/C17H31N3O2/c1-3-5-7-14(4-2)12-16(21)19-10-6-8-15(13-19)20-11-9-18-17(20)22/h14-15H,3-13H2,1-2H3,(H,18,22)/t14-,15+/m1/s1. The van der Waals surface area contributed by atoms with Crippen molar-refractivity contribution < 1.29 is 9.59 Å². The molecule has 0 spiro atoms. The maximum atomic E-state index is 12.6. The Balaban J connectivity index is 1.85. The average molecular weight is 309 g/mol. The summed E-state index contributed by atoms with van der Waals surface area (Å²) in [5.41, 5.74) is 0. The fraction of sp³-hybridized carbons (Fsp3) is 0.882. The number of hydrogen-bond donors (Lipinski definition) is 1. The lowest BCUT2D eigenvalue weighted by Gasteiger charge is -2.37. The van der Waals surface area contributed by atoms with Crippen molar-refractivity contribution in [1.29, 1.82) is 0 Å². The normalized spacial score (nSPS) is 23.5. The van der Waals surface area contributed by atoms with Crippen molar-refractivity contribution >= 4 is 11.9 Å². The molecule has 2 atom stereocenters. The zero-order chi connectivity index (χ0) is 15.9. The summed E-state index contributed by atoms with van der Waals surface area (Å²) >= 11 is 0. The van der Waals surface area contributed by atoms with Gasteiger partial charge in [-0.2, -0.15) is 0 Å². The summed E-state index contributed by atoms with van der Waals surface area (Å²) in [6.45, 7) is 7.47. The molecule has 0 aromatic rings. The molecule has 2 saturated heterocycles. The number of rotatable bonds is 7. The molecule has 0 unspecified atom stereocenters. The van der Waals surface area contributed by atoms with Gasteiger partial charge < -0.3 is 15.1 Å². The van der Waals surface area contributed by atoms with Crippen LogP contribution in [0.4, 0.5) is 4.79 Å². The molecular formula is C17H31N3O2. The zero-order valence-corrected chi connectivity index (χ0v) is 14.1. The van der Waals surface area contributed by atoms with Crippen molar-refractivity contribution in [2.45, 2.75) is 64.8 Å². The number of likely N-dealkylation sites (tertiary alicyclic amines) is 1. The highest BCUT2D eigenvalue weighted by Gasteiger charge is 2.33. The average Bonchev–Trinajstić information content (AvgIpc) is 2.97. The molecule has 2 rings (SSSR count). The Kier molecular flexibility index (Phi) is 6.52. The molecule has 2 fully saturated rings. The topological polar surface area (TPSA) is 52.7 Å². The molecular weight excluding hydrogens is 278 g/mol. The van der Waals surface area contributed by atoms with Crippen LogP contribution in [-0.4, -0.2) is 54.0 Å². The highest BCUT2D eigenvalue weighted by Crippen LogP contribution is 2.22. The van der Waals surface area contributed by atoms with E-state index in [-0.39, 0.29) is 18.0 Å². The summed E-state index contributed by atoms with van der Waals surface area (Å²) in [6, 6.07) is 0.240. The molecule has 2 aliphatic rings. The molecule has 0 saturated carbocycles. The number of unbranched alkanes of at least 4 members (excludes halogenated alkanes) is 1. The van der Waals surface area contributed by atoms with E-state index in [0.717, 1.165) is 51.9 Å². The van der Waals surface area contributed by atoms with E-state index in [1.807, 2.05) is 9.80 Å². The third-order valence-corrected chi connectivity index (χ3v) is 5.09. The lowest BCUT2D eigenvalue weighted by atomic mass is 9.94. The third kappa shape index (κ3) is 4.37. The smallest absolute Gasteiger partial charge is 0.317 e. The Morgan fingerprint density at radius 1 is 1.36 bits per heavy atom. The van der Waals surface area contributed by atoms with Gasteiger partial charge >= 0.3 is 6.03 Å². The number of carbonyl (C=O) groups is 2. The number of nitrogens with one attached hydrogen (secondary N) is 1. The van der Waals surface area contributed by atoms with Crippen LogP contribution in [0.25, 0.3) is 0 Å². The van der Waals surface area contributed by atoms with Gasteiger partial charge in [0.05, 0.1) is 6.04 Å². The van der Waals surface area contributed by atoms with Gasteiger partial charge in [-0.05, 0) is 25.2 Å². The second-order valence-corrected chi connectivity index (χ2v) is 6.68. The molecule has 22 heavy (non-hydrogen) atoms. The first-order valence-corrected chi connectivity index (χ1v) is 8.97. The van der Waals surface area contributed by atoms with E-state index < -0.39 is 0 Å². The Hall–Kier alpha value is -1.26. The molecule has 5 nitrogen and oxygen atoms in total. The summed E-state index contributed by atoms with van der Waals surface area (Å²) in [5, 5.41) is 2.86. The highest BCUT2D eigenvalue weighted by atomic mass is 16.2. The van der Waals surface area contributed by atoms with E-state index in [0.29, 0.717) is 12.3 Å². The first-order valence-electron chi connectivity index (χ1n) is 8.97. The zero-order valence-electron chi connectivity index (χ0n) is 14.1. The maximum absolute atomic E-state index is 12.6. The van der Waals surface area contributed by atoms with Crippen molar-refractivity contribution in [3.8, 4) is 0 Å². The molecule has 0 aliphatic carbocycles. The lowest BCUT2D eigenvalue weighted by molar-refractivity contribution is -0.134. The molecule has 126 valence electrons. The van der Waals surface area contributed by atoms with Crippen LogP contribution < -0.4 is 5.32 Å². The molecule has 2 aliphatic heterocycles. The largest absolute Gasteiger partial charge is 0.341 e. The summed E-state index contributed by atoms with van der Waals surface area (Å²) in [5.74, 6) is 0.801. The highest BCUT2D eigenvalue weighted by molar-refractivity contribution is 5.78. The molecule has 5 heteroatoms. The van der Waals surface area contributed by atoms with E-state index in [9.17, 15) is 9.59 Å². The molecule has 0 aromatic heterocycles. The van der Waals surface area contributed by atoms with Crippen molar-refractivity contribution in [1.82, 2.24) is 15.1 Å². The first kappa shape index (κ1) is 17.1.